The number of aromatic nitrogens is 3. The number of ether oxygens (including phenoxy) is 1. The van der Waals surface area contributed by atoms with E-state index in [4.69, 9.17) is 21.5 Å². The summed E-state index contributed by atoms with van der Waals surface area (Å²) in [5, 5.41) is 12.4. The van der Waals surface area contributed by atoms with Crippen molar-refractivity contribution < 1.29 is 9.53 Å². The first kappa shape index (κ1) is 17.4. The largest absolute Gasteiger partial charge is 0.410 e. The molecule has 10 heteroatoms. The minimum Gasteiger partial charge on any atom is -0.397 e. The van der Waals surface area contributed by atoms with Crippen molar-refractivity contribution in [3.8, 4) is 22.5 Å². The van der Waals surface area contributed by atoms with Crippen molar-refractivity contribution >= 4 is 39.3 Å². The predicted octanol–water partition coefficient (Wildman–Crippen LogP) is 2.43. The van der Waals surface area contributed by atoms with E-state index < -0.39 is 6.09 Å². The second-order valence-corrected chi connectivity index (χ2v) is 6.26. The third kappa shape index (κ3) is 3.47. The summed E-state index contributed by atoms with van der Waals surface area (Å²) in [4.78, 5) is 25.0. The molecule has 0 saturated carbocycles. The number of nitrogens with zero attached hydrogens (tertiary/aromatic N) is 4. The van der Waals surface area contributed by atoms with Crippen LogP contribution >= 0.6 is 11.3 Å². The minimum absolute atomic E-state index is 0.157. The molecule has 26 heavy (non-hydrogen) atoms. The van der Waals surface area contributed by atoms with Crippen LogP contribution in [-0.4, -0.2) is 27.6 Å². The smallest absolute Gasteiger partial charge is 0.397 e. The highest BCUT2D eigenvalue weighted by Gasteiger charge is 2.21. The molecule has 5 N–H and O–H groups in total. The van der Waals surface area contributed by atoms with Crippen LogP contribution in [0.2, 0.25) is 0 Å². The molecule has 132 valence electrons. The van der Waals surface area contributed by atoms with Gasteiger partial charge in [0, 0.05) is 12.2 Å². The number of pyridine rings is 1. The highest BCUT2D eigenvalue weighted by molar-refractivity contribution is 7.21. The van der Waals surface area contributed by atoms with Crippen molar-refractivity contribution in [2.24, 2.45) is 5.73 Å². The third-order valence-corrected chi connectivity index (χ3v) is 4.38. The Labute approximate surface area is 152 Å². The summed E-state index contributed by atoms with van der Waals surface area (Å²) >= 11 is 1.09. The van der Waals surface area contributed by atoms with Crippen LogP contribution in [0.5, 0.6) is 5.06 Å². The standard InChI is InChI=1S/C16H15N7O2S/c1-8-4-2-5-9(21-8)12-10-11(18)14(25-15(19)24)26-13(10)23-16(22-12)20-7-3-6-17/h2,4-5H,3,7,18H2,1H3,(H2,19,24)(H,20,22,23). The number of carbonyl (C=O) groups excluding carboxylic acids is 1. The minimum atomic E-state index is -0.959. The van der Waals surface area contributed by atoms with Crippen molar-refractivity contribution in [2.45, 2.75) is 13.3 Å². The summed E-state index contributed by atoms with van der Waals surface area (Å²) in [7, 11) is 0. The van der Waals surface area contributed by atoms with Crippen LogP contribution in [0.25, 0.3) is 21.6 Å². The molecule has 0 aliphatic heterocycles. The van der Waals surface area contributed by atoms with Crippen LogP contribution in [0, 0.1) is 18.3 Å². The fraction of sp³-hybridized carbons (Fsp3) is 0.188. The van der Waals surface area contributed by atoms with E-state index in [0.717, 1.165) is 17.0 Å². The highest BCUT2D eigenvalue weighted by Crippen LogP contribution is 2.43. The van der Waals surface area contributed by atoms with E-state index in [2.05, 4.69) is 20.3 Å². The zero-order chi connectivity index (χ0) is 18.7. The number of hydrogen-bond acceptors (Lipinski definition) is 9. The molecule has 1 amide bonds. The van der Waals surface area contributed by atoms with Gasteiger partial charge in [0.15, 0.2) is 0 Å². The number of hydrogen-bond donors (Lipinski definition) is 3. The zero-order valence-electron chi connectivity index (χ0n) is 13.8. The number of primary amides is 1. The summed E-state index contributed by atoms with van der Waals surface area (Å²) < 4.78 is 4.96. The lowest BCUT2D eigenvalue weighted by Crippen LogP contribution is -2.16. The fourth-order valence-electron chi connectivity index (χ4n) is 2.34. The quantitative estimate of drug-likeness (QED) is 0.580. The zero-order valence-corrected chi connectivity index (χ0v) is 14.6. The van der Waals surface area contributed by atoms with E-state index in [0.29, 0.717) is 40.5 Å². The lowest BCUT2D eigenvalue weighted by atomic mass is 10.1. The number of thiophene rings is 1. The molecule has 0 bridgehead atoms. The van der Waals surface area contributed by atoms with Crippen molar-refractivity contribution in [1.29, 1.82) is 5.26 Å². The molecule has 0 unspecified atom stereocenters. The summed E-state index contributed by atoms with van der Waals surface area (Å²) in [6.07, 6.45) is -0.652. The van der Waals surface area contributed by atoms with Gasteiger partial charge in [0.25, 0.3) is 0 Å². The molecule has 0 aliphatic rings. The van der Waals surface area contributed by atoms with Gasteiger partial charge in [0.2, 0.25) is 11.0 Å². The Morgan fingerprint density at radius 1 is 1.38 bits per heavy atom. The lowest BCUT2D eigenvalue weighted by molar-refractivity contribution is 0.212. The molecular formula is C16H15N7O2S. The van der Waals surface area contributed by atoms with Gasteiger partial charge in [-0.15, -0.1) is 0 Å². The molecule has 3 aromatic heterocycles. The Hall–Kier alpha value is -3.45. The van der Waals surface area contributed by atoms with Gasteiger partial charge >= 0.3 is 6.09 Å². The maximum atomic E-state index is 11.1. The summed E-state index contributed by atoms with van der Waals surface area (Å²) in [6.45, 7) is 2.26. The number of carbonyl (C=O) groups is 1. The predicted molar refractivity (Wildman–Crippen MR) is 98.7 cm³/mol. The van der Waals surface area contributed by atoms with Crippen LogP contribution in [0.15, 0.2) is 18.2 Å². The van der Waals surface area contributed by atoms with Crippen molar-refractivity contribution in [3.05, 3.63) is 23.9 Å². The Morgan fingerprint density at radius 2 is 2.19 bits per heavy atom. The monoisotopic (exact) mass is 369 g/mol. The Kier molecular flexibility index (Phi) is 4.81. The number of anilines is 2. The number of nitrogens with two attached hydrogens (primary N) is 2. The van der Waals surface area contributed by atoms with E-state index in [1.807, 2.05) is 25.1 Å². The van der Waals surface area contributed by atoms with Gasteiger partial charge < -0.3 is 21.5 Å². The first-order valence-electron chi connectivity index (χ1n) is 7.61. The second-order valence-electron chi connectivity index (χ2n) is 5.30. The van der Waals surface area contributed by atoms with Crippen LogP contribution in [0.1, 0.15) is 12.1 Å². The van der Waals surface area contributed by atoms with Gasteiger partial charge in [-0.05, 0) is 19.1 Å². The molecule has 3 heterocycles. The van der Waals surface area contributed by atoms with Gasteiger partial charge in [0.1, 0.15) is 10.5 Å². The molecule has 0 spiro atoms. The van der Waals surface area contributed by atoms with Gasteiger partial charge in [-0.1, -0.05) is 17.4 Å². The number of amides is 1. The van der Waals surface area contributed by atoms with E-state index in [9.17, 15) is 4.79 Å². The van der Waals surface area contributed by atoms with Crippen molar-refractivity contribution in [3.63, 3.8) is 0 Å². The maximum absolute atomic E-state index is 11.1. The first-order valence-corrected chi connectivity index (χ1v) is 8.43. The van der Waals surface area contributed by atoms with Crippen LogP contribution < -0.4 is 21.5 Å². The fourth-order valence-corrected chi connectivity index (χ4v) is 3.29. The molecule has 9 nitrogen and oxygen atoms in total. The third-order valence-electron chi connectivity index (χ3n) is 3.40. The SMILES string of the molecule is Cc1cccc(-c2nc(NCCC#N)nc3sc(OC(N)=O)c(N)c23)n1. The number of nitrogen functional groups attached to an aromatic ring is 1. The van der Waals surface area contributed by atoms with Gasteiger partial charge in [-0.25, -0.2) is 14.8 Å². The maximum Gasteiger partial charge on any atom is 0.410 e. The van der Waals surface area contributed by atoms with Crippen LogP contribution in [-0.2, 0) is 0 Å². The highest BCUT2D eigenvalue weighted by atomic mass is 32.1. The number of nitrogens with one attached hydrogen (secondary N) is 1. The molecule has 0 radical (unpaired) electrons. The number of nitriles is 1. The van der Waals surface area contributed by atoms with Crippen LogP contribution in [0.4, 0.5) is 16.4 Å². The number of rotatable bonds is 5. The molecule has 0 aromatic carbocycles. The average Bonchev–Trinajstić information content (AvgIpc) is 2.90. The van der Waals surface area contributed by atoms with E-state index in [-0.39, 0.29) is 10.8 Å². The number of fused-ring (bicyclic) bond motifs is 1. The van der Waals surface area contributed by atoms with E-state index in [1.165, 1.54) is 0 Å². The van der Waals surface area contributed by atoms with Crippen LogP contribution in [0.3, 0.4) is 0 Å². The molecule has 0 fully saturated rings. The molecule has 3 aromatic rings. The van der Waals surface area contributed by atoms with E-state index in [1.54, 1.807) is 6.07 Å². The summed E-state index contributed by atoms with van der Waals surface area (Å²) in [5.41, 5.74) is 13.4. The van der Waals surface area contributed by atoms with E-state index >= 15 is 0 Å². The van der Waals surface area contributed by atoms with Gasteiger partial charge in [0.05, 0.1) is 29.3 Å². The summed E-state index contributed by atoms with van der Waals surface area (Å²) in [5.74, 6) is 0.331. The Balaban J connectivity index is 2.19. The topological polar surface area (TPSA) is 153 Å². The molecular weight excluding hydrogens is 354 g/mol. The van der Waals surface area contributed by atoms with Gasteiger partial charge in [-0.3, -0.25) is 4.98 Å². The normalized spacial score (nSPS) is 10.5. The Morgan fingerprint density at radius 3 is 2.88 bits per heavy atom. The molecule has 0 aliphatic carbocycles. The summed E-state index contributed by atoms with van der Waals surface area (Å²) in [6, 6.07) is 7.58. The van der Waals surface area contributed by atoms with Gasteiger partial charge in [-0.2, -0.15) is 5.26 Å². The molecule has 3 rings (SSSR count). The van der Waals surface area contributed by atoms with Crippen molar-refractivity contribution in [2.75, 3.05) is 17.6 Å². The Bertz CT molecular complexity index is 1030. The molecule has 0 saturated heterocycles. The number of aryl methyl sites for hydroxylation is 1. The van der Waals surface area contributed by atoms with Crippen molar-refractivity contribution in [1.82, 2.24) is 15.0 Å². The molecule has 0 atom stereocenters. The second kappa shape index (κ2) is 7.20. The lowest BCUT2D eigenvalue weighted by Gasteiger charge is -2.08. The first-order chi connectivity index (χ1) is 12.5. The average molecular weight is 369 g/mol.